The van der Waals surface area contributed by atoms with E-state index in [9.17, 15) is 58.8 Å². The van der Waals surface area contributed by atoms with Gasteiger partial charge in [0.15, 0.2) is 22.8 Å². The van der Waals surface area contributed by atoms with Crippen LogP contribution in [0.3, 0.4) is 0 Å². The molecule has 0 aliphatic carbocycles. The number of nitrogens with one attached hydrogen (secondary N) is 4. The molecule has 792 valence electrons. The average Bonchev–Trinajstić information content (AvgIpc) is 1.61. The standard InChI is InChI=1S/C28H42N4O5.2C27H40N4O5.C26H38N4O5/c1-5-20(6-2)19-32-23(27-24(36-3)11-10-12-25(27)37-4)18-22(30-32)28(35)29-21(17-26(33)34)13-16-31-14-8-7-9-15-31;1-18(2)19(3)31-22(26-23(35-4)10-9-11-24(26)36-5)17-21(29-31)27(34)28-20(16-25(32)33)12-15-30-13-7-6-8-14-30;1-5-19(2)18-31-22(26-23(35-3)10-9-11-24(26)36-4)17-21(29-31)27(34)28-20(16-25(32)33)12-15-30-13-7-6-8-14-30;1-18(2)17-30-21(25-22(34-3)9-8-10-23(25)35-4)16-20(28-30)26(33)27-19(15-24(31)32)11-14-29-12-6-5-7-13-29/h10-12,18,20-21H,5-9,13-17,19H2,1-4H3,(H,29,35)(H,33,34);9-11,17-20H,6-8,12-16H2,1-5H3,(H,28,34)(H,32,33);9-11,17,19-20H,5-8,12-16,18H2,1-4H3,(H,28,34)(H,32,33);8-10,16,18-19H,5-7,11-15,17H2,1-4H3,(H,27,33)(H,31,32)/t21-;2*19?,20-;19-/m0000/s1. The molecule has 0 radical (unpaired) electrons. The highest BCUT2D eigenvalue weighted by Crippen LogP contribution is 2.44. The molecule has 0 saturated carbocycles. The summed E-state index contributed by atoms with van der Waals surface area (Å²) in [5.41, 5.74) is 6.73. The maximum atomic E-state index is 13.4. The van der Waals surface area contributed by atoms with Crippen molar-refractivity contribution in [1.29, 1.82) is 0 Å². The van der Waals surface area contributed by atoms with Gasteiger partial charge in [-0.1, -0.05) is 125 Å². The van der Waals surface area contributed by atoms with Crippen LogP contribution in [0.5, 0.6) is 46.0 Å². The van der Waals surface area contributed by atoms with Crippen molar-refractivity contribution in [2.75, 3.05) is 135 Å². The number of rotatable bonds is 51. The third-order valence-corrected chi connectivity index (χ3v) is 27.4. The fourth-order valence-corrected chi connectivity index (χ4v) is 18.7. The van der Waals surface area contributed by atoms with Crippen LogP contribution in [0.25, 0.3) is 45.0 Å². The maximum Gasteiger partial charge on any atom is 0.305 e. The molecule has 4 amide bonds. The number of ether oxygens (including phenoxy) is 8. The Labute approximate surface area is 849 Å². The van der Waals surface area contributed by atoms with E-state index in [1.807, 2.05) is 86.8 Å². The molecule has 2 unspecified atom stereocenters. The summed E-state index contributed by atoms with van der Waals surface area (Å²) in [4.78, 5) is 109. The van der Waals surface area contributed by atoms with Crippen molar-refractivity contribution in [3.63, 3.8) is 0 Å². The second kappa shape index (κ2) is 59.2. The zero-order valence-electron chi connectivity index (χ0n) is 88.0. The van der Waals surface area contributed by atoms with E-state index in [4.69, 9.17) is 43.0 Å². The highest BCUT2D eigenvalue weighted by molar-refractivity contribution is 5.97. The smallest absolute Gasteiger partial charge is 0.305 e. The van der Waals surface area contributed by atoms with Gasteiger partial charge >= 0.3 is 23.9 Å². The minimum atomic E-state index is -0.933. The second-order valence-electron chi connectivity index (χ2n) is 38.7. The molecular weight excluding hydrogens is 1840 g/mol. The zero-order chi connectivity index (χ0) is 104. The molecule has 4 aromatic heterocycles. The number of carbonyl (C=O) groups excluding carboxylic acids is 4. The molecule has 4 aromatic carbocycles. The molecule has 8 aromatic rings. The van der Waals surface area contributed by atoms with Gasteiger partial charge in [0.05, 0.1) is 134 Å². The van der Waals surface area contributed by atoms with Gasteiger partial charge in [0, 0.05) is 70.0 Å². The normalized spacial score (nSPS) is 15.4. The van der Waals surface area contributed by atoms with Crippen LogP contribution in [0.2, 0.25) is 0 Å². The molecule has 36 heteroatoms. The van der Waals surface area contributed by atoms with Gasteiger partial charge in [0.25, 0.3) is 23.6 Å². The average molecular weight is 2000 g/mol. The molecule has 8 heterocycles. The summed E-state index contributed by atoms with van der Waals surface area (Å²) >= 11 is 0. The van der Waals surface area contributed by atoms with Gasteiger partial charge in [-0.2, -0.15) is 20.4 Å². The Hall–Kier alpha value is -12.3. The fraction of sp³-hybridized carbons (Fsp3) is 0.593. The van der Waals surface area contributed by atoms with Crippen molar-refractivity contribution in [2.24, 2.45) is 23.7 Å². The Balaban J connectivity index is 0.000000214. The van der Waals surface area contributed by atoms with Gasteiger partial charge in [-0.15, -0.1) is 0 Å². The molecule has 4 saturated heterocycles. The molecule has 12 rings (SSSR count). The molecule has 4 aliphatic heterocycles. The number of aliphatic carboxylic acids is 4. The van der Waals surface area contributed by atoms with E-state index >= 15 is 0 Å². The summed E-state index contributed by atoms with van der Waals surface area (Å²) in [6, 6.07) is 27.2. The van der Waals surface area contributed by atoms with Gasteiger partial charge in [0.1, 0.15) is 46.0 Å². The van der Waals surface area contributed by atoms with Gasteiger partial charge in [-0.05, 0) is 233 Å². The lowest BCUT2D eigenvalue weighted by atomic mass is 10.0. The summed E-state index contributed by atoms with van der Waals surface area (Å²) in [6.07, 6.45) is 19.0. The van der Waals surface area contributed by atoms with Crippen LogP contribution in [0.1, 0.15) is 258 Å². The van der Waals surface area contributed by atoms with Gasteiger partial charge in [-0.25, -0.2) is 0 Å². The van der Waals surface area contributed by atoms with E-state index < -0.39 is 48.0 Å². The van der Waals surface area contributed by atoms with Crippen LogP contribution in [-0.4, -0.2) is 286 Å². The topological polar surface area (TPSA) is 424 Å². The number of carboxylic acids is 4. The van der Waals surface area contributed by atoms with E-state index in [0.29, 0.717) is 120 Å². The first-order valence-electron chi connectivity index (χ1n) is 51.5. The van der Waals surface area contributed by atoms with E-state index in [2.05, 4.69) is 118 Å². The predicted octanol–water partition coefficient (Wildman–Crippen LogP) is 16.4. The SMILES string of the molecule is CCC(C)Cn1nc(C(=O)N[C@@H](CCN2CCCCC2)CC(=O)O)cc1-c1c(OC)cccc1OC.CCC(CC)Cn1nc(C(=O)N[C@@H](CCN2CCCCC2)CC(=O)O)cc1-c1c(OC)cccc1OC.COc1cccc(OC)c1-c1cc(C(=O)N[C@@H](CCN2CCCCC2)CC(=O)O)nn1C(C)C(C)C.COc1cccc(OC)c1-c1cc(C(=O)N[C@@H](CCN2CCCCC2)CC(=O)O)nn1CC(C)C. The Morgan fingerprint density at radius 2 is 0.556 bits per heavy atom. The minimum Gasteiger partial charge on any atom is -0.496 e. The Morgan fingerprint density at radius 3 is 0.785 bits per heavy atom. The van der Waals surface area contributed by atoms with Crippen molar-refractivity contribution < 1.29 is 96.7 Å². The van der Waals surface area contributed by atoms with Crippen molar-refractivity contribution >= 4 is 47.5 Å². The summed E-state index contributed by atoms with van der Waals surface area (Å²) in [6.45, 7) is 32.1. The number of aromatic nitrogens is 8. The molecule has 0 bridgehead atoms. The highest BCUT2D eigenvalue weighted by Gasteiger charge is 2.33. The number of hydrogen-bond acceptors (Lipinski definition) is 24. The van der Waals surface area contributed by atoms with Crippen LogP contribution < -0.4 is 59.2 Å². The van der Waals surface area contributed by atoms with Crippen LogP contribution in [-0.2, 0) is 38.8 Å². The molecule has 8 N–H and O–H groups in total. The Bertz CT molecular complexity index is 5280. The lowest BCUT2D eigenvalue weighted by molar-refractivity contribution is -0.138. The number of likely N-dealkylation sites (tertiary alicyclic amines) is 4. The molecule has 4 aliphatic rings. The summed E-state index contributed by atoms with van der Waals surface area (Å²) in [5.74, 6) is 0.991. The largest absolute Gasteiger partial charge is 0.496 e. The first-order chi connectivity index (χ1) is 69.3. The number of methoxy groups -OCH3 is 8. The van der Waals surface area contributed by atoms with Crippen LogP contribution in [0, 0.1) is 23.7 Å². The molecular formula is C108H160N16O20. The third-order valence-electron chi connectivity index (χ3n) is 27.4. The minimum absolute atomic E-state index is 0.00918. The first kappa shape index (κ1) is 115. The van der Waals surface area contributed by atoms with Crippen molar-refractivity contribution in [3.8, 4) is 91.0 Å². The first-order valence-corrected chi connectivity index (χ1v) is 51.5. The van der Waals surface area contributed by atoms with Crippen molar-refractivity contribution in [1.82, 2.24) is 80.0 Å². The number of piperidine rings is 4. The second-order valence-corrected chi connectivity index (χ2v) is 38.7. The van der Waals surface area contributed by atoms with E-state index in [0.717, 1.165) is 139 Å². The monoisotopic (exact) mass is 2000 g/mol. The summed E-state index contributed by atoms with van der Waals surface area (Å²) in [7, 11) is 12.8. The number of hydrogen-bond donors (Lipinski definition) is 8. The number of amides is 4. The van der Waals surface area contributed by atoms with Crippen LogP contribution in [0.15, 0.2) is 97.1 Å². The number of benzene rings is 4. The zero-order valence-corrected chi connectivity index (χ0v) is 88.0. The molecule has 4 fully saturated rings. The van der Waals surface area contributed by atoms with Gasteiger partial charge in [0.2, 0.25) is 0 Å². The summed E-state index contributed by atoms with van der Waals surface area (Å²) < 4.78 is 52.2. The number of carbonyl (C=O) groups is 8. The lowest BCUT2D eigenvalue weighted by Crippen LogP contribution is -2.40. The quantitative estimate of drug-likeness (QED) is 0.0175. The predicted molar refractivity (Wildman–Crippen MR) is 555 cm³/mol. The van der Waals surface area contributed by atoms with Crippen molar-refractivity contribution in [2.45, 2.75) is 260 Å². The van der Waals surface area contributed by atoms with Gasteiger partial charge < -0.3 is 99.2 Å². The van der Waals surface area contributed by atoms with Crippen molar-refractivity contribution in [3.05, 3.63) is 120 Å². The fourth-order valence-electron chi connectivity index (χ4n) is 18.7. The lowest BCUT2D eigenvalue weighted by Gasteiger charge is -2.28. The third kappa shape index (κ3) is 34.5. The molecule has 144 heavy (non-hydrogen) atoms. The van der Waals surface area contributed by atoms with E-state index in [1.165, 1.54) is 64.2 Å². The molecule has 6 atom stereocenters. The maximum absolute atomic E-state index is 13.4. The molecule has 0 spiro atoms. The number of nitrogens with zero attached hydrogens (tertiary/aromatic N) is 12. The van der Waals surface area contributed by atoms with Crippen LogP contribution in [0.4, 0.5) is 0 Å². The van der Waals surface area contributed by atoms with E-state index in [1.54, 1.807) is 85.8 Å². The Morgan fingerprint density at radius 1 is 0.319 bits per heavy atom. The van der Waals surface area contributed by atoms with Gasteiger partial charge in [-0.3, -0.25) is 57.1 Å². The van der Waals surface area contributed by atoms with Crippen LogP contribution >= 0.6 is 0 Å². The molecule has 36 nitrogen and oxygen atoms in total. The number of carboxylic acid groups (broad SMARTS) is 4. The summed E-state index contributed by atoms with van der Waals surface area (Å²) in [5, 5.41) is 68.1. The Kier molecular flexibility index (Phi) is 47.4. The highest BCUT2D eigenvalue weighted by atomic mass is 16.5. The van der Waals surface area contributed by atoms with E-state index in [-0.39, 0.29) is 90.0 Å².